The molecule has 0 fully saturated rings. The number of alkyl halides is 1. The maximum Gasteiger partial charge on any atom is 0.337 e. The molecule has 0 saturated heterocycles. The molecule has 0 radical (unpaired) electrons. The summed E-state index contributed by atoms with van der Waals surface area (Å²) in [6.45, 7) is 2.43. The first kappa shape index (κ1) is 27.3. The van der Waals surface area contributed by atoms with Crippen molar-refractivity contribution in [1.29, 1.82) is 0 Å². The molecule has 0 aliphatic carbocycles. The monoisotopic (exact) mass is 491 g/mol. The second-order valence-corrected chi connectivity index (χ2v) is 7.65. The Kier molecular flexibility index (Phi) is 11.5. The van der Waals surface area contributed by atoms with E-state index >= 15 is 0 Å². The number of carbonyl (C=O) groups is 2. The topological polar surface area (TPSA) is 132 Å². The van der Waals surface area contributed by atoms with Crippen LogP contribution in [0.1, 0.15) is 16.8 Å². The number of carboxylic acid groups (broad SMARTS) is 1. The predicted octanol–water partition coefficient (Wildman–Crippen LogP) is 2.57. The third-order valence-electron chi connectivity index (χ3n) is 4.98. The molecule has 0 amide bonds. The summed E-state index contributed by atoms with van der Waals surface area (Å²) in [4.78, 5) is 29.1. The molecule has 1 heterocycles. The van der Waals surface area contributed by atoms with Crippen LogP contribution in [0.2, 0.25) is 0 Å². The Morgan fingerprint density at radius 1 is 1.03 bits per heavy atom. The van der Waals surface area contributed by atoms with Crippen LogP contribution >= 0.6 is 11.6 Å². The van der Waals surface area contributed by atoms with Crippen molar-refractivity contribution in [3.05, 3.63) is 48.0 Å². The number of aliphatic carboxylic acids is 1. The fourth-order valence-electron chi connectivity index (χ4n) is 3.36. The van der Waals surface area contributed by atoms with E-state index in [1.165, 1.54) is 7.11 Å². The molecule has 0 aliphatic heterocycles. The molecule has 3 rings (SSSR count). The maximum absolute atomic E-state index is 11.8. The first-order chi connectivity index (χ1) is 16.4. The number of aliphatic hydroxyl groups is 2. The van der Waals surface area contributed by atoms with Gasteiger partial charge in [-0.2, -0.15) is 0 Å². The number of fused-ring (bicyclic) bond motifs is 2. The Balaban J connectivity index is 0.000000347. The number of benzene rings is 2. The number of hydrogen-bond donors (Lipinski definition) is 4. The molecule has 0 aliphatic rings. The van der Waals surface area contributed by atoms with Crippen molar-refractivity contribution in [3.63, 3.8) is 0 Å². The number of ether oxygens (including phenoxy) is 1. The van der Waals surface area contributed by atoms with Gasteiger partial charge in [-0.15, -0.1) is 11.6 Å². The lowest BCUT2D eigenvalue weighted by atomic mass is 10.0. The lowest BCUT2D eigenvalue weighted by Crippen LogP contribution is -2.31. The van der Waals surface area contributed by atoms with Gasteiger partial charge in [0.2, 0.25) is 0 Å². The first-order valence-corrected chi connectivity index (χ1v) is 11.3. The van der Waals surface area contributed by atoms with E-state index in [9.17, 15) is 9.59 Å². The highest BCUT2D eigenvalue weighted by atomic mass is 35.5. The van der Waals surface area contributed by atoms with Crippen LogP contribution in [0.15, 0.2) is 42.5 Å². The smallest absolute Gasteiger partial charge is 0.337 e. The Hall–Kier alpha value is -2.98. The summed E-state index contributed by atoms with van der Waals surface area (Å²) in [7, 11) is 1.33. The van der Waals surface area contributed by atoms with Crippen LogP contribution in [0.5, 0.6) is 0 Å². The summed E-state index contributed by atoms with van der Waals surface area (Å²) < 4.78 is 4.77. The number of esters is 1. The van der Waals surface area contributed by atoms with Gasteiger partial charge in [0.15, 0.2) is 0 Å². The minimum Gasteiger partial charge on any atom is -0.481 e. The van der Waals surface area contributed by atoms with Crippen molar-refractivity contribution in [2.45, 2.75) is 6.42 Å². The molecule has 4 N–H and O–H groups in total. The Labute approximate surface area is 202 Å². The van der Waals surface area contributed by atoms with E-state index in [1.807, 2.05) is 29.2 Å². The van der Waals surface area contributed by atoms with Crippen molar-refractivity contribution >= 4 is 51.0 Å². The molecule has 34 heavy (non-hydrogen) atoms. The number of aromatic nitrogens is 1. The molecule has 0 unspecified atom stereocenters. The second kappa shape index (κ2) is 14.3. The summed E-state index contributed by atoms with van der Waals surface area (Å²) in [6, 6.07) is 12.7. The highest BCUT2D eigenvalue weighted by Gasteiger charge is 2.13. The minimum absolute atomic E-state index is 0.00512. The lowest BCUT2D eigenvalue weighted by Gasteiger charge is -2.17. The zero-order valence-corrected chi connectivity index (χ0v) is 19.8. The average Bonchev–Trinajstić information content (AvgIpc) is 2.83. The Morgan fingerprint density at radius 3 is 2.32 bits per heavy atom. The number of anilines is 1. The van der Waals surface area contributed by atoms with Crippen LogP contribution in [0, 0.1) is 0 Å². The van der Waals surface area contributed by atoms with Gasteiger partial charge in [0.05, 0.1) is 49.0 Å². The number of methoxy groups -OCH3 is 1. The van der Waals surface area contributed by atoms with Gasteiger partial charge in [0.1, 0.15) is 0 Å². The van der Waals surface area contributed by atoms with Crippen molar-refractivity contribution in [3.8, 4) is 0 Å². The second-order valence-electron chi connectivity index (χ2n) is 7.28. The van der Waals surface area contributed by atoms with E-state index in [0.717, 1.165) is 34.0 Å². The number of carbonyl (C=O) groups excluding carboxylic acids is 1. The highest BCUT2D eigenvalue weighted by molar-refractivity contribution is 6.18. The zero-order chi connectivity index (χ0) is 24.9. The molecule has 0 bridgehead atoms. The third-order valence-corrected chi connectivity index (χ3v) is 5.14. The number of aliphatic hydroxyl groups excluding tert-OH is 2. The van der Waals surface area contributed by atoms with Crippen LogP contribution < -0.4 is 5.32 Å². The van der Waals surface area contributed by atoms with Gasteiger partial charge in [-0.05, 0) is 24.3 Å². The van der Waals surface area contributed by atoms with Gasteiger partial charge < -0.3 is 25.4 Å². The molecule has 0 saturated carbocycles. The number of nitrogens with one attached hydrogen (secondary N) is 1. The summed E-state index contributed by atoms with van der Waals surface area (Å²) in [5, 5.41) is 30.7. The summed E-state index contributed by atoms with van der Waals surface area (Å²) in [5.74, 6) is -0.762. The third kappa shape index (κ3) is 7.81. The molecule has 184 valence electrons. The van der Waals surface area contributed by atoms with E-state index in [1.54, 1.807) is 18.2 Å². The maximum atomic E-state index is 11.8. The molecule has 9 nitrogen and oxygen atoms in total. The van der Waals surface area contributed by atoms with Crippen molar-refractivity contribution in [2.75, 3.05) is 57.7 Å². The van der Waals surface area contributed by atoms with Crippen molar-refractivity contribution in [1.82, 2.24) is 9.88 Å². The van der Waals surface area contributed by atoms with Gasteiger partial charge in [-0.3, -0.25) is 9.69 Å². The number of para-hydroxylation sites is 1. The van der Waals surface area contributed by atoms with Gasteiger partial charge >= 0.3 is 11.9 Å². The Bertz CT molecular complexity index is 1080. The number of pyridine rings is 1. The molecule has 10 heteroatoms. The standard InChI is InChI=1S/C18H16N2O4.C6H14ClNO2/c1-24-18(23)11-6-7-15-13(10-11)17(19-9-8-16(21)22)12-4-2-3-5-14(12)20-15;7-1-2-8(3-5-9)4-6-10/h2-7,10H,8-9H2,1H3,(H,19,20)(H,21,22);9-10H,1-6H2. The molecule has 2 aromatic carbocycles. The minimum atomic E-state index is -0.875. The number of halogens is 1. The van der Waals surface area contributed by atoms with E-state index in [-0.39, 0.29) is 26.2 Å². The molecule has 1 aromatic heterocycles. The predicted molar refractivity (Wildman–Crippen MR) is 133 cm³/mol. The number of nitrogens with zero attached hydrogens (tertiary/aromatic N) is 2. The molecular weight excluding hydrogens is 462 g/mol. The molecule has 0 spiro atoms. The van der Waals surface area contributed by atoms with Crippen LogP contribution in [0.25, 0.3) is 21.8 Å². The number of hydrogen-bond acceptors (Lipinski definition) is 8. The van der Waals surface area contributed by atoms with Gasteiger partial charge in [-0.1, -0.05) is 18.2 Å². The summed E-state index contributed by atoms with van der Waals surface area (Å²) >= 11 is 5.46. The lowest BCUT2D eigenvalue weighted by molar-refractivity contribution is -0.136. The zero-order valence-electron chi connectivity index (χ0n) is 19.0. The number of carboxylic acids is 1. The van der Waals surface area contributed by atoms with Crippen LogP contribution in [0.4, 0.5) is 5.69 Å². The van der Waals surface area contributed by atoms with Gasteiger partial charge in [-0.25, -0.2) is 9.78 Å². The first-order valence-electron chi connectivity index (χ1n) is 10.8. The van der Waals surface area contributed by atoms with E-state index in [4.69, 9.17) is 31.7 Å². The van der Waals surface area contributed by atoms with E-state index in [0.29, 0.717) is 24.5 Å². The van der Waals surface area contributed by atoms with Gasteiger partial charge in [0.25, 0.3) is 0 Å². The van der Waals surface area contributed by atoms with Gasteiger partial charge in [0, 0.05) is 42.8 Å². The molecule has 3 aromatic rings. The summed E-state index contributed by atoms with van der Waals surface area (Å²) in [5.41, 5.74) is 2.71. The van der Waals surface area contributed by atoms with E-state index in [2.05, 4.69) is 10.3 Å². The van der Waals surface area contributed by atoms with E-state index < -0.39 is 11.9 Å². The average molecular weight is 492 g/mol. The summed E-state index contributed by atoms with van der Waals surface area (Å²) in [6.07, 6.45) is -0.00512. The highest BCUT2D eigenvalue weighted by Crippen LogP contribution is 2.31. The van der Waals surface area contributed by atoms with Crippen LogP contribution in [-0.4, -0.2) is 89.5 Å². The normalized spacial score (nSPS) is 10.7. The molecular formula is C24H30ClN3O6. The largest absolute Gasteiger partial charge is 0.481 e. The quantitative estimate of drug-likeness (QED) is 0.181. The SMILES string of the molecule is COC(=O)c1ccc2nc3ccccc3c(NCCC(=O)O)c2c1.OCCN(CCO)CCCl. The fraction of sp³-hybridized carbons (Fsp3) is 0.375. The molecule has 0 atom stereocenters. The van der Waals surface area contributed by atoms with Crippen LogP contribution in [0.3, 0.4) is 0 Å². The fourth-order valence-corrected chi connectivity index (χ4v) is 3.60. The Morgan fingerprint density at radius 2 is 1.71 bits per heavy atom. The van der Waals surface area contributed by atoms with Crippen molar-refractivity contribution in [2.24, 2.45) is 0 Å². The van der Waals surface area contributed by atoms with Crippen LogP contribution in [-0.2, 0) is 9.53 Å². The number of rotatable bonds is 11. The van der Waals surface area contributed by atoms with Crippen molar-refractivity contribution < 1.29 is 29.6 Å².